The van der Waals surface area contributed by atoms with Crippen LogP contribution in [0.1, 0.15) is 47.0 Å². The van der Waals surface area contributed by atoms with Gasteiger partial charge in [-0.15, -0.1) is 11.3 Å². The minimum atomic E-state index is -1.05. The number of ether oxygens (including phenoxy) is 2. The van der Waals surface area contributed by atoms with Crippen LogP contribution in [-0.4, -0.2) is 69.7 Å². The van der Waals surface area contributed by atoms with Crippen LogP contribution in [0.4, 0.5) is 5.13 Å². The van der Waals surface area contributed by atoms with Crippen molar-refractivity contribution in [3.63, 3.8) is 0 Å². The number of carbonyl (C=O) groups excluding carboxylic acids is 1. The molecule has 4 rings (SSSR count). The van der Waals surface area contributed by atoms with Gasteiger partial charge in [-0.25, -0.2) is 14.8 Å². The van der Waals surface area contributed by atoms with Gasteiger partial charge in [0.05, 0.1) is 24.9 Å². The first-order valence-corrected chi connectivity index (χ1v) is 14.1. The van der Waals surface area contributed by atoms with Crippen LogP contribution in [0, 0.1) is 5.92 Å². The van der Waals surface area contributed by atoms with E-state index in [1.54, 1.807) is 7.11 Å². The number of nitrogens with zero attached hydrogens (tertiary/aromatic N) is 3. The average molecular weight is 556 g/mol. The van der Waals surface area contributed by atoms with Gasteiger partial charge in [-0.2, -0.15) is 0 Å². The Labute approximate surface area is 232 Å². The SMILES string of the molecule is COc1ccc2c(O[C@@H]3C[C@@H](C(=O)O)N(C(=O)CC(N)CC(C)C)C3)cc(-c3csc(NC(C)C)n3)nc2c1. The number of methoxy groups -OCH3 is 1. The van der Waals surface area contributed by atoms with E-state index in [2.05, 4.69) is 10.3 Å². The van der Waals surface area contributed by atoms with E-state index in [9.17, 15) is 14.7 Å². The predicted octanol–water partition coefficient (Wildman–Crippen LogP) is 4.38. The molecule has 1 aromatic carbocycles. The van der Waals surface area contributed by atoms with Gasteiger partial charge in [0.15, 0.2) is 5.13 Å². The van der Waals surface area contributed by atoms with E-state index in [0.29, 0.717) is 40.7 Å². The molecule has 3 aromatic rings. The normalized spacial score (nSPS) is 18.1. The molecule has 0 aliphatic carbocycles. The van der Waals surface area contributed by atoms with Gasteiger partial charge < -0.3 is 30.5 Å². The van der Waals surface area contributed by atoms with Crippen molar-refractivity contribution in [1.82, 2.24) is 14.9 Å². The number of aliphatic carboxylic acids is 1. The summed E-state index contributed by atoms with van der Waals surface area (Å²) in [5, 5.41) is 16.6. The lowest BCUT2D eigenvalue weighted by atomic mass is 10.0. The van der Waals surface area contributed by atoms with Crippen molar-refractivity contribution in [2.75, 3.05) is 19.0 Å². The summed E-state index contributed by atoms with van der Waals surface area (Å²) in [5.74, 6) is 0.230. The lowest BCUT2D eigenvalue weighted by Crippen LogP contribution is -2.43. The highest BCUT2D eigenvalue weighted by atomic mass is 32.1. The molecule has 11 heteroatoms. The molecule has 3 heterocycles. The third-order valence-electron chi connectivity index (χ3n) is 6.53. The van der Waals surface area contributed by atoms with Crippen molar-refractivity contribution in [3.05, 3.63) is 29.6 Å². The predicted molar refractivity (Wildman–Crippen MR) is 152 cm³/mol. The maximum absolute atomic E-state index is 13.0. The number of carboxylic acid groups (broad SMARTS) is 1. The number of rotatable bonds is 11. The number of carboxylic acids is 1. The van der Waals surface area contributed by atoms with Gasteiger partial charge in [0, 0.05) is 47.8 Å². The lowest BCUT2D eigenvalue weighted by Gasteiger charge is -2.23. The van der Waals surface area contributed by atoms with Crippen molar-refractivity contribution >= 4 is 39.2 Å². The molecule has 210 valence electrons. The van der Waals surface area contributed by atoms with Crippen LogP contribution in [-0.2, 0) is 9.59 Å². The monoisotopic (exact) mass is 555 g/mol. The number of pyridine rings is 1. The lowest BCUT2D eigenvalue weighted by molar-refractivity contribution is -0.148. The number of likely N-dealkylation sites (tertiary alicyclic amines) is 1. The first-order valence-electron chi connectivity index (χ1n) is 13.2. The molecule has 1 aliphatic rings. The second-order valence-electron chi connectivity index (χ2n) is 10.7. The molecule has 10 nitrogen and oxygen atoms in total. The third-order valence-corrected chi connectivity index (χ3v) is 7.30. The Bertz CT molecular complexity index is 1330. The number of carbonyl (C=O) groups is 2. The molecular formula is C28H37N5O5S. The van der Waals surface area contributed by atoms with Crippen LogP contribution in [0.15, 0.2) is 29.6 Å². The molecule has 0 bridgehead atoms. The first kappa shape index (κ1) is 28.6. The Morgan fingerprint density at radius 3 is 2.64 bits per heavy atom. The van der Waals surface area contributed by atoms with Crippen LogP contribution in [0.3, 0.4) is 0 Å². The highest BCUT2D eigenvalue weighted by Gasteiger charge is 2.41. The summed E-state index contributed by atoms with van der Waals surface area (Å²) in [7, 11) is 1.59. The van der Waals surface area contributed by atoms with Gasteiger partial charge in [0.25, 0.3) is 0 Å². The van der Waals surface area contributed by atoms with Gasteiger partial charge in [-0.3, -0.25) is 4.79 Å². The molecule has 4 N–H and O–H groups in total. The van der Waals surface area contributed by atoms with Crippen LogP contribution in [0.2, 0.25) is 0 Å². The number of thiazole rings is 1. The third kappa shape index (κ3) is 6.96. The van der Waals surface area contributed by atoms with E-state index in [0.717, 1.165) is 10.5 Å². The van der Waals surface area contributed by atoms with Gasteiger partial charge in [0.2, 0.25) is 5.91 Å². The highest BCUT2D eigenvalue weighted by molar-refractivity contribution is 7.14. The number of nitrogens with two attached hydrogens (primary N) is 1. The largest absolute Gasteiger partial charge is 0.497 e. The van der Waals surface area contributed by atoms with Crippen molar-refractivity contribution in [2.24, 2.45) is 11.7 Å². The fraction of sp³-hybridized carbons (Fsp3) is 0.500. The van der Waals surface area contributed by atoms with Crippen LogP contribution < -0.4 is 20.5 Å². The molecule has 1 saturated heterocycles. The highest BCUT2D eigenvalue weighted by Crippen LogP contribution is 2.35. The van der Waals surface area contributed by atoms with Crippen LogP contribution in [0.25, 0.3) is 22.3 Å². The number of benzene rings is 1. The Morgan fingerprint density at radius 1 is 1.21 bits per heavy atom. The van der Waals surface area contributed by atoms with E-state index in [1.165, 1.54) is 16.2 Å². The van der Waals surface area contributed by atoms with E-state index in [1.807, 2.05) is 57.3 Å². The standard InChI is InChI=1S/C28H37N5O5S/c1-15(2)8-17(29)9-26(34)33-13-19(11-24(33)27(35)36)38-25-12-22(23-14-39-28(32-23)30-16(3)4)31-21-10-18(37-5)6-7-20(21)25/h6-7,10,12,14-17,19,24H,8-9,11,13,29H2,1-5H3,(H,30,32)(H,35,36)/t17?,19-,24+/m1/s1. The number of anilines is 1. The fourth-order valence-corrected chi connectivity index (χ4v) is 5.69. The smallest absolute Gasteiger partial charge is 0.326 e. The first-order chi connectivity index (χ1) is 18.5. The van der Waals surface area contributed by atoms with Crippen molar-refractivity contribution in [2.45, 2.75) is 71.2 Å². The van der Waals surface area contributed by atoms with Gasteiger partial charge in [-0.05, 0) is 38.3 Å². The summed E-state index contributed by atoms with van der Waals surface area (Å²) in [5.41, 5.74) is 8.14. The number of nitrogens with one attached hydrogen (secondary N) is 1. The molecular weight excluding hydrogens is 518 g/mol. The van der Waals surface area contributed by atoms with Gasteiger partial charge in [0.1, 0.15) is 29.3 Å². The van der Waals surface area contributed by atoms with Crippen molar-refractivity contribution < 1.29 is 24.2 Å². The fourth-order valence-electron chi connectivity index (χ4n) is 4.84. The van der Waals surface area contributed by atoms with E-state index in [4.69, 9.17) is 20.2 Å². The number of hydrogen-bond acceptors (Lipinski definition) is 9. The molecule has 1 amide bonds. The summed E-state index contributed by atoms with van der Waals surface area (Å²) < 4.78 is 11.8. The molecule has 1 unspecified atom stereocenters. The minimum Gasteiger partial charge on any atom is -0.497 e. The second kappa shape index (κ2) is 12.2. The van der Waals surface area contributed by atoms with Crippen LogP contribution in [0.5, 0.6) is 11.5 Å². The topological polar surface area (TPSA) is 140 Å². The quantitative estimate of drug-likeness (QED) is 0.314. The van der Waals surface area contributed by atoms with E-state index in [-0.39, 0.29) is 37.4 Å². The Hall–Kier alpha value is -3.44. The van der Waals surface area contributed by atoms with Gasteiger partial charge in [-0.1, -0.05) is 13.8 Å². The Balaban J connectivity index is 1.62. The second-order valence-corrected chi connectivity index (χ2v) is 11.6. The molecule has 2 aromatic heterocycles. The number of hydrogen-bond donors (Lipinski definition) is 3. The van der Waals surface area contributed by atoms with Crippen LogP contribution >= 0.6 is 11.3 Å². The maximum Gasteiger partial charge on any atom is 0.326 e. The molecule has 3 atom stereocenters. The number of aromatic nitrogens is 2. The summed E-state index contributed by atoms with van der Waals surface area (Å²) in [4.78, 5) is 36.0. The minimum absolute atomic E-state index is 0.105. The van der Waals surface area contributed by atoms with Crippen molar-refractivity contribution in [3.8, 4) is 22.9 Å². The number of amides is 1. The summed E-state index contributed by atoms with van der Waals surface area (Å²) >= 11 is 1.49. The maximum atomic E-state index is 13.0. The molecule has 0 radical (unpaired) electrons. The Morgan fingerprint density at radius 2 is 1.97 bits per heavy atom. The number of fused-ring (bicyclic) bond motifs is 1. The zero-order valence-corrected chi connectivity index (χ0v) is 23.8. The molecule has 39 heavy (non-hydrogen) atoms. The molecule has 1 fully saturated rings. The molecule has 1 aliphatic heterocycles. The Kier molecular flexibility index (Phi) is 8.91. The van der Waals surface area contributed by atoms with E-state index < -0.39 is 18.1 Å². The zero-order chi connectivity index (χ0) is 28.3. The summed E-state index contributed by atoms with van der Waals surface area (Å²) in [6.07, 6.45) is 0.463. The van der Waals surface area contributed by atoms with Gasteiger partial charge >= 0.3 is 5.97 Å². The average Bonchev–Trinajstić information content (AvgIpc) is 3.50. The molecule has 0 saturated carbocycles. The summed E-state index contributed by atoms with van der Waals surface area (Å²) in [6, 6.07) is 6.29. The van der Waals surface area contributed by atoms with Crippen molar-refractivity contribution in [1.29, 1.82) is 0 Å². The molecule has 0 spiro atoms. The summed E-state index contributed by atoms with van der Waals surface area (Å²) in [6.45, 7) is 8.34. The van der Waals surface area contributed by atoms with E-state index >= 15 is 0 Å². The zero-order valence-electron chi connectivity index (χ0n) is 23.0.